The molecule has 2 amide bonds. The third-order valence-corrected chi connectivity index (χ3v) is 4.70. The van der Waals surface area contributed by atoms with Crippen LogP contribution in [0.25, 0.3) is 0 Å². The number of aromatic hydroxyl groups is 1. The van der Waals surface area contributed by atoms with Gasteiger partial charge in [0.1, 0.15) is 11.6 Å². The van der Waals surface area contributed by atoms with Crippen molar-refractivity contribution in [1.82, 2.24) is 4.90 Å². The number of para-hydroxylation sites is 1. The van der Waals surface area contributed by atoms with Gasteiger partial charge < -0.3 is 20.4 Å². The summed E-state index contributed by atoms with van der Waals surface area (Å²) in [5.74, 6) is -4.41. The molecule has 1 fully saturated rings. The topological polar surface area (TPSA) is 107 Å². The standard InChI is InChI=1S/C20H19FN2O5/c21-14-5-7-15(8-6-14)22-18(25)12-9-13(20(27)28)11-23(10-12)19(26)16-3-1-2-4-17(16)24/h1-8,12-13,24H,9-11H2,(H,22,25)(H,27,28)/t12-,13+/m1/s1. The number of rotatable bonds is 4. The fourth-order valence-electron chi connectivity index (χ4n) is 3.24. The van der Waals surface area contributed by atoms with E-state index >= 15 is 0 Å². The molecule has 1 aliphatic heterocycles. The molecule has 1 saturated heterocycles. The van der Waals surface area contributed by atoms with Crippen molar-refractivity contribution in [3.63, 3.8) is 0 Å². The van der Waals surface area contributed by atoms with Crippen molar-refractivity contribution >= 4 is 23.5 Å². The van der Waals surface area contributed by atoms with Crippen molar-refractivity contribution in [2.75, 3.05) is 18.4 Å². The Bertz CT molecular complexity index is 900. The number of nitrogens with zero attached hydrogens (tertiary/aromatic N) is 1. The van der Waals surface area contributed by atoms with E-state index in [0.29, 0.717) is 5.69 Å². The van der Waals surface area contributed by atoms with Crippen LogP contribution in [0, 0.1) is 17.7 Å². The predicted molar refractivity (Wildman–Crippen MR) is 98.3 cm³/mol. The van der Waals surface area contributed by atoms with Crippen LogP contribution in [0.2, 0.25) is 0 Å². The molecule has 0 radical (unpaired) electrons. The minimum Gasteiger partial charge on any atom is -0.507 e. The molecule has 0 saturated carbocycles. The third kappa shape index (κ3) is 4.28. The average molecular weight is 386 g/mol. The number of carboxylic acids is 1. The molecular formula is C20H19FN2O5. The smallest absolute Gasteiger partial charge is 0.308 e. The monoisotopic (exact) mass is 386 g/mol. The number of likely N-dealkylation sites (tertiary alicyclic amines) is 1. The highest BCUT2D eigenvalue weighted by molar-refractivity contribution is 5.98. The lowest BCUT2D eigenvalue weighted by molar-refractivity contribution is -0.144. The van der Waals surface area contributed by atoms with E-state index < -0.39 is 35.4 Å². The summed E-state index contributed by atoms with van der Waals surface area (Å²) in [7, 11) is 0. The molecule has 0 unspecified atom stereocenters. The minimum absolute atomic E-state index is 0.0178. The number of hydrogen-bond acceptors (Lipinski definition) is 4. The molecule has 3 rings (SSSR count). The number of nitrogens with one attached hydrogen (secondary N) is 1. The quantitative estimate of drug-likeness (QED) is 0.748. The number of halogens is 1. The summed E-state index contributed by atoms with van der Waals surface area (Å²) in [4.78, 5) is 38.2. The number of carbonyl (C=O) groups is 3. The number of hydrogen-bond donors (Lipinski definition) is 3. The number of carbonyl (C=O) groups excluding carboxylic acids is 2. The van der Waals surface area contributed by atoms with Crippen molar-refractivity contribution in [2.45, 2.75) is 6.42 Å². The lowest BCUT2D eigenvalue weighted by Gasteiger charge is -2.35. The zero-order valence-electron chi connectivity index (χ0n) is 14.8. The summed E-state index contributed by atoms with van der Waals surface area (Å²) >= 11 is 0. The molecule has 0 aromatic heterocycles. The van der Waals surface area contributed by atoms with E-state index in [1.54, 1.807) is 12.1 Å². The van der Waals surface area contributed by atoms with E-state index in [0.717, 1.165) is 0 Å². The van der Waals surface area contributed by atoms with Crippen molar-refractivity contribution in [1.29, 1.82) is 0 Å². The predicted octanol–water partition coefficient (Wildman–Crippen LogP) is 2.33. The van der Waals surface area contributed by atoms with Crippen molar-refractivity contribution in [3.05, 3.63) is 59.9 Å². The Morgan fingerprint density at radius 3 is 2.29 bits per heavy atom. The van der Waals surface area contributed by atoms with E-state index in [-0.39, 0.29) is 30.8 Å². The zero-order valence-corrected chi connectivity index (χ0v) is 14.8. The highest BCUT2D eigenvalue weighted by Gasteiger charge is 2.37. The Labute approximate surface area is 160 Å². The summed E-state index contributed by atoms with van der Waals surface area (Å²) < 4.78 is 13.0. The number of phenols is 1. The van der Waals surface area contributed by atoms with Crippen LogP contribution in [0.5, 0.6) is 5.75 Å². The minimum atomic E-state index is -1.10. The first-order chi connectivity index (χ1) is 13.3. The molecule has 28 heavy (non-hydrogen) atoms. The molecule has 7 nitrogen and oxygen atoms in total. The Morgan fingerprint density at radius 2 is 1.64 bits per heavy atom. The average Bonchev–Trinajstić information content (AvgIpc) is 2.69. The first-order valence-electron chi connectivity index (χ1n) is 8.71. The van der Waals surface area contributed by atoms with Crippen LogP contribution in [0.15, 0.2) is 48.5 Å². The normalized spacial score (nSPS) is 19.1. The van der Waals surface area contributed by atoms with Gasteiger partial charge in [0.25, 0.3) is 5.91 Å². The maximum absolute atomic E-state index is 13.0. The van der Waals surface area contributed by atoms with Gasteiger partial charge in [-0.25, -0.2) is 4.39 Å². The molecule has 3 N–H and O–H groups in total. The number of amides is 2. The van der Waals surface area contributed by atoms with Gasteiger partial charge in [0.05, 0.1) is 17.4 Å². The fraction of sp³-hybridized carbons (Fsp3) is 0.250. The number of aliphatic carboxylic acids is 1. The van der Waals surface area contributed by atoms with E-state index in [9.17, 15) is 29.0 Å². The van der Waals surface area contributed by atoms with Gasteiger partial charge in [-0.15, -0.1) is 0 Å². The highest BCUT2D eigenvalue weighted by atomic mass is 19.1. The second kappa shape index (κ2) is 8.08. The first kappa shape index (κ1) is 19.3. The maximum atomic E-state index is 13.0. The molecule has 1 heterocycles. The van der Waals surface area contributed by atoms with Gasteiger partial charge in [0.2, 0.25) is 5.91 Å². The Morgan fingerprint density at radius 1 is 1.00 bits per heavy atom. The van der Waals surface area contributed by atoms with Gasteiger partial charge in [-0.05, 0) is 42.8 Å². The summed E-state index contributed by atoms with van der Waals surface area (Å²) in [6.45, 7) is -0.0349. The Hall–Kier alpha value is -3.42. The van der Waals surface area contributed by atoms with Crippen molar-refractivity contribution < 1.29 is 29.0 Å². The van der Waals surface area contributed by atoms with E-state index in [1.165, 1.54) is 41.3 Å². The Kier molecular flexibility index (Phi) is 5.58. The van der Waals surface area contributed by atoms with E-state index in [2.05, 4.69) is 5.32 Å². The molecule has 8 heteroatoms. The molecule has 2 atom stereocenters. The maximum Gasteiger partial charge on any atom is 0.308 e. The number of anilines is 1. The molecule has 0 bridgehead atoms. The first-order valence-corrected chi connectivity index (χ1v) is 8.71. The van der Waals surface area contributed by atoms with E-state index in [4.69, 9.17) is 0 Å². The molecular weight excluding hydrogens is 367 g/mol. The molecule has 0 spiro atoms. The van der Waals surface area contributed by atoms with Gasteiger partial charge in [0, 0.05) is 18.8 Å². The number of benzene rings is 2. The summed E-state index contributed by atoms with van der Waals surface area (Å²) in [5.41, 5.74) is 0.425. The molecule has 146 valence electrons. The van der Waals surface area contributed by atoms with Gasteiger partial charge in [0.15, 0.2) is 0 Å². The number of piperidine rings is 1. The van der Waals surface area contributed by atoms with Crippen molar-refractivity contribution in [2.24, 2.45) is 11.8 Å². The number of phenolic OH excluding ortho intramolecular Hbond substituents is 1. The zero-order chi connectivity index (χ0) is 20.3. The molecule has 0 aliphatic carbocycles. The molecule has 2 aromatic rings. The second-order valence-corrected chi connectivity index (χ2v) is 6.69. The highest BCUT2D eigenvalue weighted by Crippen LogP contribution is 2.27. The third-order valence-electron chi connectivity index (χ3n) is 4.70. The summed E-state index contributed by atoms with van der Waals surface area (Å²) in [5, 5.41) is 22.0. The van der Waals surface area contributed by atoms with E-state index in [1.807, 2.05) is 0 Å². The largest absolute Gasteiger partial charge is 0.507 e. The lowest BCUT2D eigenvalue weighted by atomic mass is 9.88. The summed E-state index contributed by atoms with van der Waals surface area (Å²) in [6, 6.07) is 11.2. The molecule has 1 aliphatic rings. The SMILES string of the molecule is O=C(O)[C@H]1C[C@@H](C(=O)Nc2ccc(F)cc2)CN(C(=O)c2ccccc2O)C1. The van der Waals surface area contributed by atoms with Crippen LogP contribution < -0.4 is 5.32 Å². The summed E-state index contributed by atoms with van der Waals surface area (Å²) in [6.07, 6.45) is 0.0763. The Balaban J connectivity index is 1.78. The molecule has 2 aromatic carbocycles. The van der Waals surface area contributed by atoms with Crippen molar-refractivity contribution in [3.8, 4) is 5.75 Å². The van der Waals surface area contributed by atoms with Crippen LogP contribution in [0.1, 0.15) is 16.8 Å². The van der Waals surface area contributed by atoms with Gasteiger partial charge in [-0.3, -0.25) is 14.4 Å². The van der Waals surface area contributed by atoms with Gasteiger partial charge >= 0.3 is 5.97 Å². The van der Waals surface area contributed by atoms with Crippen LogP contribution >= 0.6 is 0 Å². The second-order valence-electron chi connectivity index (χ2n) is 6.69. The van der Waals surface area contributed by atoms with Crippen LogP contribution in [0.4, 0.5) is 10.1 Å². The fourth-order valence-corrected chi connectivity index (χ4v) is 3.24. The lowest BCUT2D eigenvalue weighted by Crippen LogP contribution is -2.49. The van der Waals surface area contributed by atoms with Crippen LogP contribution in [-0.4, -0.2) is 46.0 Å². The number of carboxylic acid groups (broad SMARTS) is 1. The van der Waals surface area contributed by atoms with Gasteiger partial charge in [-0.2, -0.15) is 0 Å². The van der Waals surface area contributed by atoms with Crippen LogP contribution in [-0.2, 0) is 9.59 Å². The van der Waals surface area contributed by atoms with Gasteiger partial charge in [-0.1, -0.05) is 12.1 Å². The van der Waals surface area contributed by atoms with Crippen LogP contribution in [0.3, 0.4) is 0 Å².